The van der Waals surface area contributed by atoms with Crippen LogP contribution in [0.1, 0.15) is 15.4 Å². The van der Waals surface area contributed by atoms with Gasteiger partial charge in [0, 0.05) is 5.69 Å². The summed E-state index contributed by atoms with van der Waals surface area (Å²) >= 11 is 6.97. The molecule has 0 bridgehead atoms. The molecule has 0 atom stereocenters. The van der Waals surface area contributed by atoms with Gasteiger partial charge in [-0.2, -0.15) is 0 Å². The molecule has 118 valence electrons. The zero-order valence-electron chi connectivity index (χ0n) is 11.7. The largest absolute Gasteiger partial charge is 0.399 e. The van der Waals surface area contributed by atoms with E-state index in [0.29, 0.717) is 20.6 Å². The summed E-state index contributed by atoms with van der Waals surface area (Å²) in [4.78, 5) is 12.4. The van der Waals surface area contributed by atoms with Gasteiger partial charge in [0.25, 0.3) is 5.91 Å². The van der Waals surface area contributed by atoms with Gasteiger partial charge in [0.2, 0.25) is 0 Å². The Bertz CT molecular complexity index is 862. The molecule has 3 aromatic rings. The number of carbonyl (C=O) groups is 1. The van der Waals surface area contributed by atoms with Gasteiger partial charge < -0.3 is 11.1 Å². The lowest BCUT2D eigenvalue weighted by atomic mass is 10.3. The molecule has 3 rings (SSSR count). The first-order chi connectivity index (χ1) is 11.0. The number of amides is 1. The molecule has 9 heteroatoms. The number of carbonyl (C=O) groups excluding carboxylic acids is 1. The molecule has 23 heavy (non-hydrogen) atoms. The molecule has 0 radical (unpaired) electrons. The van der Waals surface area contributed by atoms with Crippen LogP contribution in [0.3, 0.4) is 0 Å². The number of nitrogens with two attached hydrogens (primary N) is 1. The SMILES string of the molecule is Nc1ccc(-n2cc(CNC(=O)c3ccc(Cl)s3)nn2)c(F)c1. The van der Waals surface area contributed by atoms with Crippen LogP contribution in [-0.4, -0.2) is 20.9 Å². The van der Waals surface area contributed by atoms with Crippen molar-refractivity contribution in [1.29, 1.82) is 0 Å². The second-order valence-corrected chi connectivity index (χ2v) is 6.37. The molecular formula is C14H11ClFN5OS. The predicted octanol–water partition coefficient (Wildman–Crippen LogP) is 2.63. The molecule has 0 spiro atoms. The van der Waals surface area contributed by atoms with Crippen LogP contribution < -0.4 is 11.1 Å². The summed E-state index contributed by atoms with van der Waals surface area (Å²) in [6, 6.07) is 7.58. The summed E-state index contributed by atoms with van der Waals surface area (Å²) in [6.07, 6.45) is 1.54. The minimum atomic E-state index is -0.501. The van der Waals surface area contributed by atoms with E-state index >= 15 is 0 Å². The number of rotatable bonds is 4. The molecule has 2 heterocycles. The van der Waals surface area contributed by atoms with Gasteiger partial charge in [0.15, 0.2) is 5.82 Å². The number of anilines is 1. The van der Waals surface area contributed by atoms with Crippen LogP contribution in [0.2, 0.25) is 4.34 Å². The number of nitrogens with one attached hydrogen (secondary N) is 1. The highest BCUT2D eigenvalue weighted by atomic mass is 35.5. The monoisotopic (exact) mass is 351 g/mol. The third-order valence-electron chi connectivity index (χ3n) is 2.99. The second-order valence-electron chi connectivity index (χ2n) is 4.65. The summed E-state index contributed by atoms with van der Waals surface area (Å²) in [5, 5.41) is 10.5. The van der Waals surface area contributed by atoms with Crippen LogP contribution in [-0.2, 0) is 6.54 Å². The maximum absolute atomic E-state index is 13.8. The lowest BCUT2D eigenvalue weighted by Gasteiger charge is -2.02. The summed E-state index contributed by atoms with van der Waals surface area (Å²) < 4.78 is 15.7. The Morgan fingerprint density at radius 1 is 1.39 bits per heavy atom. The van der Waals surface area contributed by atoms with Gasteiger partial charge in [-0.25, -0.2) is 9.07 Å². The van der Waals surface area contributed by atoms with Crippen molar-refractivity contribution < 1.29 is 9.18 Å². The Labute approximate surface area is 139 Å². The molecule has 0 saturated heterocycles. The smallest absolute Gasteiger partial charge is 0.261 e. The number of hydrogen-bond acceptors (Lipinski definition) is 5. The van der Waals surface area contributed by atoms with E-state index in [0.717, 1.165) is 0 Å². The highest BCUT2D eigenvalue weighted by Crippen LogP contribution is 2.21. The summed E-state index contributed by atoms with van der Waals surface area (Å²) in [5.74, 6) is -0.756. The van der Waals surface area contributed by atoms with Crippen molar-refractivity contribution in [3.63, 3.8) is 0 Å². The molecule has 0 saturated carbocycles. The highest BCUT2D eigenvalue weighted by Gasteiger charge is 2.11. The molecule has 0 fully saturated rings. The number of halogens is 2. The van der Waals surface area contributed by atoms with Crippen molar-refractivity contribution in [3.8, 4) is 5.69 Å². The highest BCUT2D eigenvalue weighted by molar-refractivity contribution is 7.17. The zero-order valence-corrected chi connectivity index (χ0v) is 13.2. The predicted molar refractivity (Wildman–Crippen MR) is 86.2 cm³/mol. The van der Waals surface area contributed by atoms with Gasteiger partial charge in [-0.3, -0.25) is 4.79 Å². The number of nitrogen functional groups attached to an aromatic ring is 1. The van der Waals surface area contributed by atoms with Crippen molar-refractivity contribution in [2.45, 2.75) is 6.54 Å². The number of aromatic nitrogens is 3. The van der Waals surface area contributed by atoms with Gasteiger partial charge in [0.05, 0.1) is 22.0 Å². The Kier molecular flexibility index (Phi) is 4.26. The Morgan fingerprint density at radius 2 is 2.22 bits per heavy atom. The molecule has 0 unspecified atom stereocenters. The quantitative estimate of drug-likeness (QED) is 0.707. The molecule has 1 amide bonds. The van der Waals surface area contributed by atoms with E-state index in [-0.39, 0.29) is 18.1 Å². The van der Waals surface area contributed by atoms with E-state index in [4.69, 9.17) is 17.3 Å². The van der Waals surface area contributed by atoms with Crippen molar-refractivity contribution in [1.82, 2.24) is 20.3 Å². The van der Waals surface area contributed by atoms with Gasteiger partial charge >= 0.3 is 0 Å². The average molecular weight is 352 g/mol. The lowest BCUT2D eigenvalue weighted by Crippen LogP contribution is -2.21. The minimum Gasteiger partial charge on any atom is -0.399 e. The van der Waals surface area contributed by atoms with Crippen LogP contribution in [0.25, 0.3) is 5.69 Å². The molecular weight excluding hydrogens is 341 g/mol. The third-order valence-corrected chi connectivity index (χ3v) is 4.22. The molecule has 0 aliphatic rings. The summed E-state index contributed by atoms with van der Waals surface area (Å²) in [6.45, 7) is 0.172. The van der Waals surface area contributed by atoms with E-state index in [1.165, 1.54) is 34.3 Å². The van der Waals surface area contributed by atoms with Gasteiger partial charge in [-0.05, 0) is 30.3 Å². The van der Waals surface area contributed by atoms with Crippen molar-refractivity contribution in [3.05, 3.63) is 57.3 Å². The Balaban J connectivity index is 1.69. The molecule has 3 N–H and O–H groups in total. The zero-order chi connectivity index (χ0) is 16.4. The topological polar surface area (TPSA) is 85.8 Å². The van der Waals surface area contributed by atoms with E-state index in [1.54, 1.807) is 18.2 Å². The molecule has 0 aliphatic carbocycles. The Hall–Kier alpha value is -2.45. The van der Waals surface area contributed by atoms with Crippen LogP contribution in [0.4, 0.5) is 10.1 Å². The maximum Gasteiger partial charge on any atom is 0.261 e. The Morgan fingerprint density at radius 3 is 2.91 bits per heavy atom. The minimum absolute atomic E-state index is 0.172. The van der Waals surface area contributed by atoms with Crippen LogP contribution >= 0.6 is 22.9 Å². The number of hydrogen-bond donors (Lipinski definition) is 2. The molecule has 1 aromatic carbocycles. The third kappa shape index (κ3) is 3.49. The van der Waals surface area contributed by atoms with Crippen LogP contribution in [0, 0.1) is 5.82 Å². The fraction of sp³-hybridized carbons (Fsp3) is 0.0714. The van der Waals surface area contributed by atoms with E-state index in [1.807, 2.05) is 0 Å². The van der Waals surface area contributed by atoms with Crippen molar-refractivity contribution in [2.75, 3.05) is 5.73 Å². The van der Waals surface area contributed by atoms with Crippen molar-refractivity contribution in [2.24, 2.45) is 0 Å². The maximum atomic E-state index is 13.8. The molecule has 2 aromatic heterocycles. The first kappa shape index (κ1) is 15.4. The fourth-order valence-corrected chi connectivity index (χ4v) is 2.86. The molecule has 6 nitrogen and oxygen atoms in total. The van der Waals surface area contributed by atoms with E-state index in [2.05, 4.69) is 15.6 Å². The van der Waals surface area contributed by atoms with Crippen LogP contribution in [0.5, 0.6) is 0 Å². The summed E-state index contributed by atoms with van der Waals surface area (Å²) in [5.41, 5.74) is 6.56. The molecule has 0 aliphatic heterocycles. The fourth-order valence-electron chi connectivity index (χ4n) is 1.90. The van der Waals surface area contributed by atoms with Crippen molar-refractivity contribution >= 4 is 34.5 Å². The number of benzene rings is 1. The van der Waals surface area contributed by atoms with Gasteiger partial charge in [-0.1, -0.05) is 16.8 Å². The normalized spacial score (nSPS) is 10.7. The average Bonchev–Trinajstić information content (AvgIpc) is 3.14. The number of thiophene rings is 1. The van der Waals surface area contributed by atoms with Gasteiger partial charge in [0.1, 0.15) is 11.4 Å². The van der Waals surface area contributed by atoms with Gasteiger partial charge in [-0.15, -0.1) is 16.4 Å². The first-order valence-electron chi connectivity index (χ1n) is 6.53. The first-order valence-corrected chi connectivity index (χ1v) is 7.72. The second kappa shape index (κ2) is 6.35. The standard InChI is InChI=1S/C14H11ClFN5OS/c15-13-4-3-12(23-13)14(22)18-6-9-7-21(20-19-9)11-2-1-8(17)5-10(11)16/h1-5,7H,6,17H2,(H,18,22). The van der Waals surface area contributed by atoms with E-state index in [9.17, 15) is 9.18 Å². The lowest BCUT2D eigenvalue weighted by molar-refractivity contribution is 0.0954. The van der Waals surface area contributed by atoms with Crippen LogP contribution in [0.15, 0.2) is 36.5 Å². The number of nitrogens with zero attached hydrogens (tertiary/aromatic N) is 3. The van der Waals surface area contributed by atoms with E-state index < -0.39 is 5.82 Å². The summed E-state index contributed by atoms with van der Waals surface area (Å²) in [7, 11) is 0.